The van der Waals surface area contributed by atoms with Crippen LogP contribution in [0.2, 0.25) is 0 Å². The van der Waals surface area contributed by atoms with Gasteiger partial charge in [0.05, 0.1) is 23.5 Å². The van der Waals surface area contributed by atoms with Gasteiger partial charge >= 0.3 is 12.2 Å². The molecule has 1 aromatic rings. The van der Waals surface area contributed by atoms with Crippen molar-refractivity contribution < 1.29 is 27.1 Å². The summed E-state index contributed by atoms with van der Waals surface area (Å²) in [6.45, 7) is 4.13. The van der Waals surface area contributed by atoms with Crippen LogP contribution in [0.15, 0.2) is 18.2 Å². The van der Waals surface area contributed by atoms with Crippen LogP contribution in [0.5, 0.6) is 0 Å². The first-order valence-corrected chi connectivity index (χ1v) is 6.75. The lowest BCUT2D eigenvalue weighted by Gasteiger charge is -2.35. The van der Waals surface area contributed by atoms with Gasteiger partial charge in [-0.1, -0.05) is 0 Å². The number of nitrogens with one attached hydrogen (secondary N) is 1. The number of anilines is 1. The third kappa shape index (κ3) is 3.88. The van der Waals surface area contributed by atoms with E-state index in [4.69, 9.17) is 4.74 Å². The fourth-order valence-corrected chi connectivity index (χ4v) is 2.34. The molecule has 0 aromatic heterocycles. The van der Waals surface area contributed by atoms with Gasteiger partial charge in [0, 0.05) is 13.1 Å². The van der Waals surface area contributed by atoms with Crippen molar-refractivity contribution in [1.82, 2.24) is 4.90 Å². The van der Waals surface area contributed by atoms with Crippen molar-refractivity contribution in [1.29, 1.82) is 0 Å². The van der Waals surface area contributed by atoms with Crippen LogP contribution in [0.3, 0.4) is 0 Å². The molecular formula is C14H16F4N2O2. The second-order valence-corrected chi connectivity index (χ2v) is 5.28. The minimum atomic E-state index is -4.60. The number of benzene rings is 1. The minimum Gasteiger partial charge on any atom is -0.372 e. The number of carbonyl (C=O) groups excluding carboxylic acids is 1. The summed E-state index contributed by atoms with van der Waals surface area (Å²) in [7, 11) is 0. The largest absolute Gasteiger partial charge is 0.416 e. The highest BCUT2D eigenvalue weighted by molar-refractivity contribution is 5.89. The molecule has 22 heavy (non-hydrogen) atoms. The SMILES string of the molecule is CC1CN(C(=O)Nc2cc(C(F)(F)F)ccc2F)CC(C)O1. The van der Waals surface area contributed by atoms with Crippen molar-refractivity contribution in [2.75, 3.05) is 18.4 Å². The quantitative estimate of drug-likeness (QED) is 0.805. The van der Waals surface area contributed by atoms with Crippen molar-refractivity contribution in [2.45, 2.75) is 32.2 Å². The highest BCUT2D eigenvalue weighted by atomic mass is 19.4. The Morgan fingerprint density at radius 3 is 2.41 bits per heavy atom. The number of rotatable bonds is 1. The molecule has 2 atom stereocenters. The normalized spacial score (nSPS) is 22.5. The highest BCUT2D eigenvalue weighted by Crippen LogP contribution is 2.32. The molecule has 1 saturated heterocycles. The fourth-order valence-electron chi connectivity index (χ4n) is 2.34. The third-order valence-corrected chi connectivity index (χ3v) is 3.24. The van der Waals surface area contributed by atoms with E-state index in [2.05, 4.69) is 5.32 Å². The second kappa shape index (κ2) is 6.12. The van der Waals surface area contributed by atoms with Crippen LogP contribution in [0, 0.1) is 5.82 Å². The molecule has 1 aliphatic rings. The van der Waals surface area contributed by atoms with E-state index in [0.29, 0.717) is 18.2 Å². The smallest absolute Gasteiger partial charge is 0.372 e. The van der Waals surface area contributed by atoms with Gasteiger partial charge in [-0.3, -0.25) is 0 Å². The van der Waals surface area contributed by atoms with Crippen molar-refractivity contribution in [3.05, 3.63) is 29.6 Å². The van der Waals surface area contributed by atoms with Gasteiger partial charge in [0.15, 0.2) is 0 Å². The Kier molecular flexibility index (Phi) is 4.60. The molecule has 0 aliphatic carbocycles. The second-order valence-electron chi connectivity index (χ2n) is 5.28. The Bertz CT molecular complexity index is 552. The highest BCUT2D eigenvalue weighted by Gasteiger charge is 2.32. The summed E-state index contributed by atoms with van der Waals surface area (Å²) in [5, 5.41) is 2.19. The van der Waals surface area contributed by atoms with Crippen LogP contribution in [0.4, 0.5) is 28.0 Å². The Hall–Kier alpha value is -1.83. The molecule has 2 amide bonds. The molecule has 1 aromatic carbocycles. The fraction of sp³-hybridized carbons (Fsp3) is 0.500. The van der Waals surface area contributed by atoms with Crippen molar-refractivity contribution in [2.24, 2.45) is 0 Å². The molecular weight excluding hydrogens is 304 g/mol. The van der Waals surface area contributed by atoms with Gasteiger partial charge < -0.3 is 15.0 Å². The zero-order valence-electron chi connectivity index (χ0n) is 12.1. The van der Waals surface area contributed by atoms with E-state index in [1.54, 1.807) is 13.8 Å². The number of urea groups is 1. The van der Waals surface area contributed by atoms with Crippen LogP contribution in [-0.2, 0) is 10.9 Å². The lowest BCUT2D eigenvalue weighted by atomic mass is 10.2. The molecule has 1 heterocycles. The summed E-state index contributed by atoms with van der Waals surface area (Å²) < 4.78 is 57.0. The number of nitrogens with zero attached hydrogens (tertiary/aromatic N) is 1. The lowest BCUT2D eigenvalue weighted by molar-refractivity contribution is -0.137. The summed E-state index contributed by atoms with van der Waals surface area (Å²) in [6.07, 6.45) is -4.99. The van der Waals surface area contributed by atoms with E-state index in [1.807, 2.05) is 0 Å². The molecule has 1 aliphatic heterocycles. The van der Waals surface area contributed by atoms with Crippen LogP contribution in [0.25, 0.3) is 0 Å². The standard InChI is InChI=1S/C14H16F4N2O2/c1-8-6-20(7-9(2)22-8)13(21)19-12-5-10(14(16,17)18)3-4-11(12)15/h3-5,8-9H,6-7H2,1-2H3,(H,19,21). The van der Waals surface area contributed by atoms with Gasteiger partial charge in [0.2, 0.25) is 0 Å². The van der Waals surface area contributed by atoms with Crippen molar-refractivity contribution in [3.8, 4) is 0 Å². The molecule has 122 valence electrons. The summed E-state index contributed by atoms with van der Waals surface area (Å²) >= 11 is 0. The minimum absolute atomic E-state index is 0.194. The average Bonchev–Trinajstić information content (AvgIpc) is 2.38. The predicted molar refractivity (Wildman–Crippen MR) is 72.0 cm³/mol. The topological polar surface area (TPSA) is 41.6 Å². The van der Waals surface area contributed by atoms with E-state index < -0.39 is 29.3 Å². The first-order chi connectivity index (χ1) is 10.2. The molecule has 0 spiro atoms. The number of carbonyl (C=O) groups is 1. The van der Waals surface area contributed by atoms with Gasteiger partial charge in [-0.15, -0.1) is 0 Å². The molecule has 4 nitrogen and oxygen atoms in total. The van der Waals surface area contributed by atoms with Crippen LogP contribution >= 0.6 is 0 Å². The Balaban J connectivity index is 2.14. The van der Waals surface area contributed by atoms with E-state index in [-0.39, 0.29) is 25.3 Å². The predicted octanol–water partition coefficient (Wildman–Crippen LogP) is 3.49. The van der Waals surface area contributed by atoms with E-state index in [9.17, 15) is 22.4 Å². The molecule has 0 saturated carbocycles. The maximum absolute atomic E-state index is 13.6. The summed E-state index contributed by atoms with van der Waals surface area (Å²) in [5.41, 5.74) is -1.51. The number of halogens is 4. The Morgan fingerprint density at radius 1 is 1.27 bits per heavy atom. The number of alkyl halides is 3. The van der Waals surface area contributed by atoms with Crippen molar-refractivity contribution in [3.63, 3.8) is 0 Å². The van der Waals surface area contributed by atoms with E-state index >= 15 is 0 Å². The Morgan fingerprint density at radius 2 is 1.86 bits per heavy atom. The van der Waals surface area contributed by atoms with E-state index in [1.165, 1.54) is 4.90 Å². The Labute approximate surface area is 125 Å². The maximum atomic E-state index is 13.6. The number of ether oxygens (including phenoxy) is 1. The summed E-state index contributed by atoms with van der Waals surface area (Å²) in [6, 6.07) is 1.24. The molecule has 1 fully saturated rings. The zero-order valence-corrected chi connectivity index (χ0v) is 12.1. The first kappa shape index (κ1) is 16.5. The maximum Gasteiger partial charge on any atom is 0.416 e. The molecule has 2 unspecified atom stereocenters. The third-order valence-electron chi connectivity index (χ3n) is 3.24. The van der Waals surface area contributed by atoms with Gasteiger partial charge in [-0.05, 0) is 32.0 Å². The van der Waals surface area contributed by atoms with Crippen LogP contribution in [0.1, 0.15) is 19.4 Å². The molecule has 2 rings (SSSR count). The molecule has 0 bridgehead atoms. The molecule has 0 radical (unpaired) electrons. The van der Waals surface area contributed by atoms with Gasteiger partial charge in [0.1, 0.15) is 5.82 Å². The number of amides is 2. The van der Waals surface area contributed by atoms with Gasteiger partial charge in [0.25, 0.3) is 0 Å². The van der Waals surface area contributed by atoms with E-state index in [0.717, 1.165) is 0 Å². The van der Waals surface area contributed by atoms with Crippen molar-refractivity contribution >= 4 is 11.7 Å². The van der Waals surface area contributed by atoms with Gasteiger partial charge in [-0.25, -0.2) is 9.18 Å². The number of hydrogen-bond donors (Lipinski definition) is 1. The summed E-state index contributed by atoms with van der Waals surface area (Å²) in [4.78, 5) is 13.5. The lowest BCUT2D eigenvalue weighted by Crippen LogP contribution is -2.49. The van der Waals surface area contributed by atoms with Gasteiger partial charge in [-0.2, -0.15) is 13.2 Å². The van der Waals surface area contributed by atoms with Crippen LogP contribution in [-0.4, -0.2) is 36.2 Å². The zero-order chi connectivity index (χ0) is 16.5. The molecule has 1 N–H and O–H groups in total. The first-order valence-electron chi connectivity index (χ1n) is 6.75. The molecule has 8 heteroatoms. The monoisotopic (exact) mass is 320 g/mol. The number of hydrogen-bond acceptors (Lipinski definition) is 2. The summed E-state index contributed by atoms with van der Waals surface area (Å²) in [5.74, 6) is -0.921. The average molecular weight is 320 g/mol. The van der Waals surface area contributed by atoms with Crippen LogP contribution < -0.4 is 5.32 Å². The number of morpholine rings is 1.